The lowest BCUT2D eigenvalue weighted by Crippen LogP contribution is -2.68. The van der Waals surface area contributed by atoms with Crippen LogP contribution in [0.2, 0.25) is 0 Å². The molecule has 15 atom stereocenters. The molecule has 0 bridgehead atoms. The summed E-state index contributed by atoms with van der Waals surface area (Å²) in [6.07, 6.45) is -42.9. The van der Waals surface area contributed by atoms with Crippen molar-refractivity contribution in [2.24, 2.45) is 0 Å². The molecule has 0 unspecified atom stereocenters. The van der Waals surface area contributed by atoms with Crippen LogP contribution in [0.15, 0.2) is 97.1 Å². The number of aliphatic hydroxyl groups excluding tert-OH is 3. The first-order valence-corrected chi connectivity index (χ1v) is 34.3. The summed E-state index contributed by atoms with van der Waals surface area (Å²) < 4.78 is 75.9. The third kappa shape index (κ3) is 18.2. The molecule has 3 saturated heterocycles. The van der Waals surface area contributed by atoms with E-state index in [2.05, 4.69) is 0 Å². The van der Waals surface area contributed by atoms with Crippen LogP contribution in [0, 0.1) is 0 Å². The first-order chi connectivity index (χ1) is 57.4. The van der Waals surface area contributed by atoms with Crippen LogP contribution < -0.4 is 0 Å². The minimum atomic E-state index is -3.15. The third-order valence-corrected chi connectivity index (χ3v) is 18.2. The number of benzene rings is 8. The number of carbonyl (C=O) groups is 8. The summed E-state index contributed by atoms with van der Waals surface area (Å²) in [6.45, 7) is -4.56. The Bertz CT molecular complexity index is 5280. The highest BCUT2D eigenvalue weighted by molar-refractivity contribution is 5.96. The van der Waals surface area contributed by atoms with Gasteiger partial charge < -0.3 is 199 Å². The maximum atomic E-state index is 15.0. The van der Waals surface area contributed by atoms with Gasteiger partial charge in [-0.25, -0.2) is 38.4 Å². The normalized spacial score (nSPS) is 22.4. The van der Waals surface area contributed by atoms with E-state index in [1.165, 1.54) is 0 Å². The van der Waals surface area contributed by atoms with Crippen LogP contribution in [0.5, 0.6) is 138 Å². The van der Waals surface area contributed by atoms with Crippen molar-refractivity contribution in [1.29, 1.82) is 0 Å². The molecule has 0 aliphatic carbocycles. The van der Waals surface area contributed by atoms with E-state index < -0.39 is 342 Å². The zero-order valence-electron chi connectivity index (χ0n) is 60.7. The van der Waals surface area contributed by atoms with E-state index in [1.807, 2.05) is 0 Å². The van der Waals surface area contributed by atoms with E-state index in [0.29, 0.717) is 97.1 Å². The molecule has 3 aliphatic rings. The highest BCUT2D eigenvalue weighted by Crippen LogP contribution is 2.46. The van der Waals surface area contributed by atoms with Gasteiger partial charge in [0.05, 0.1) is 44.5 Å². The predicted molar refractivity (Wildman–Crippen MR) is 378 cm³/mol. The van der Waals surface area contributed by atoms with Gasteiger partial charge in [-0.2, -0.15) is 0 Å². The second-order valence-corrected chi connectivity index (χ2v) is 26.4. The molecule has 0 spiro atoms. The largest absolute Gasteiger partial charge is 0.504 e. The van der Waals surface area contributed by atoms with Crippen molar-refractivity contribution in [3.05, 3.63) is 142 Å². The molecule has 48 heteroatoms. The SMILES string of the molecule is O=C(OC[C@H]1O[C@@H](O)[C@H](OC(=O)c2cc(O)c(O)c(O)c2)[C@@H](O[C@H]2O[C@H](COC(=O)c3cc(O)c(O)c(O)c3)[C@@H](O)[C@H](O[C@H]3O[C@H](COC(=O)c4cc(O)c(O)c(O)c4)[C@@H](OC(=O)c4cc(O)c(O)c(O)c4)[C@H](OC(=O)c4cc(O)c(O)c(O)c4)[C@H]3OC(=O)c3cc(O)c(O)c(O)c3)[C@H]2OC(=O)c2cc(O)c(O)c(O)c2)[C@@H]1O)c1cc(O)c(O)c(O)c1. The van der Waals surface area contributed by atoms with Gasteiger partial charge in [0.25, 0.3) is 0 Å². The molecule has 122 heavy (non-hydrogen) atoms. The van der Waals surface area contributed by atoms with Gasteiger partial charge in [-0.1, -0.05) is 0 Å². The van der Waals surface area contributed by atoms with Gasteiger partial charge in [-0.15, -0.1) is 0 Å². The maximum Gasteiger partial charge on any atom is 0.339 e. The summed E-state index contributed by atoms with van der Waals surface area (Å²) in [5.41, 5.74) is -7.76. The molecule has 11 rings (SSSR count). The molecule has 27 N–H and O–H groups in total. The molecule has 0 amide bonds. The monoisotopic (exact) mass is 1720 g/mol. The van der Waals surface area contributed by atoms with Gasteiger partial charge in [-0.05, 0) is 97.1 Å². The summed E-state index contributed by atoms with van der Waals surface area (Å²) in [7, 11) is 0. The van der Waals surface area contributed by atoms with E-state index >= 15 is 4.79 Å². The Morgan fingerprint density at radius 3 is 0.656 bits per heavy atom. The van der Waals surface area contributed by atoms with Crippen LogP contribution >= 0.6 is 0 Å². The summed E-state index contributed by atoms with van der Waals surface area (Å²) in [4.78, 5) is 116. The number of phenols is 24. The molecule has 648 valence electrons. The lowest BCUT2D eigenvalue weighted by Gasteiger charge is -2.49. The molecule has 3 aliphatic heterocycles. The van der Waals surface area contributed by atoms with E-state index in [9.17, 15) is 171 Å². The second-order valence-electron chi connectivity index (χ2n) is 26.4. The van der Waals surface area contributed by atoms with Crippen LogP contribution in [0.1, 0.15) is 82.9 Å². The number of ether oxygens (including phenoxy) is 13. The molecule has 3 heterocycles. The number of carbonyl (C=O) groups excluding carboxylic acids is 8. The highest BCUT2D eigenvalue weighted by atomic mass is 16.8. The van der Waals surface area contributed by atoms with Crippen molar-refractivity contribution >= 4 is 47.8 Å². The number of hydrogen-bond donors (Lipinski definition) is 27. The van der Waals surface area contributed by atoms with Crippen LogP contribution in [0.25, 0.3) is 0 Å². The van der Waals surface area contributed by atoms with Gasteiger partial charge in [0.2, 0.25) is 0 Å². The molecule has 3 fully saturated rings. The summed E-state index contributed by atoms with van der Waals surface area (Å²) in [5.74, 6) is -44.7. The van der Waals surface area contributed by atoms with Gasteiger partial charge in [0.15, 0.2) is 187 Å². The molecule has 8 aromatic carbocycles. The Morgan fingerprint density at radius 2 is 0.402 bits per heavy atom. The minimum absolute atomic E-state index is 0.361. The average molecular weight is 1720 g/mol. The molecular weight excluding hydrogens is 1660 g/mol. The maximum absolute atomic E-state index is 15.0. The topological polar surface area (TPSA) is 803 Å². The van der Waals surface area contributed by atoms with Crippen molar-refractivity contribution in [2.75, 3.05) is 19.8 Å². The second kappa shape index (κ2) is 34.9. The van der Waals surface area contributed by atoms with Crippen molar-refractivity contribution in [3.63, 3.8) is 0 Å². The molecule has 0 aromatic heterocycles. The van der Waals surface area contributed by atoms with Crippen molar-refractivity contribution in [3.8, 4) is 138 Å². The molecule has 0 saturated carbocycles. The van der Waals surface area contributed by atoms with Crippen LogP contribution in [0.4, 0.5) is 0 Å². The third-order valence-electron chi connectivity index (χ3n) is 18.2. The van der Waals surface area contributed by atoms with Gasteiger partial charge in [0.1, 0.15) is 62.5 Å². The number of aliphatic hydroxyl groups is 3. The number of hydrogen-bond acceptors (Lipinski definition) is 48. The summed E-state index contributed by atoms with van der Waals surface area (Å²) in [6, 6.07) is 6.93. The summed E-state index contributed by atoms with van der Waals surface area (Å²) in [5, 5.41) is 288. The van der Waals surface area contributed by atoms with Gasteiger partial charge in [0, 0.05) is 0 Å². The fraction of sp³-hybridized carbons (Fsp3) is 0.243. The number of rotatable bonds is 23. The lowest BCUT2D eigenvalue weighted by atomic mass is 9.95. The average Bonchev–Trinajstić information content (AvgIpc) is 0.754. The smallest absolute Gasteiger partial charge is 0.339 e. The Labute approximate surface area is 675 Å². The number of aromatic hydroxyl groups is 24. The van der Waals surface area contributed by atoms with Crippen LogP contribution in [-0.2, 0) is 61.6 Å². The molecule has 48 nitrogen and oxygen atoms in total. The Kier molecular flexibility index (Phi) is 25.0. The zero-order chi connectivity index (χ0) is 89.4. The molecule has 0 radical (unpaired) electrons. The minimum Gasteiger partial charge on any atom is -0.504 e. The first kappa shape index (κ1) is 87.2. The predicted octanol–water partition coefficient (Wildman–Crippen LogP) is 0.279. The van der Waals surface area contributed by atoms with Gasteiger partial charge >= 0.3 is 47.8 Å². The van der Waals surface area contributed by atoms with E-state index in [4.69, 9.17) is 61.6 Å². The standard InChI is InChI=1S/C74H64O48/c75-28-1-20(2-29(76)47(28)91)64(101)110-17-44-55(99)58(61(72(109)113-44)118-69(106)25-11-38(85)52(96)39(86)12-25)121-73-62(119-70(107)26-13-40(87)53(97)41(88)14-26)59(56(100)45(114-73)18-111-65(102)21-3-30(77)48(92)31(78)4-21)122-74-63(120-71(108)27-15-42(89)54(98)43(90)16-27)60(117-68(105)24-9-36(83)51(95)37(84)10-24)57(116-67(104)23-7-34(81)50(94)35(82)8-23)46(115-74)19-112-66(103)22-5-32(79)49(93)33(80)6-22/h1-16,44-46,55-63,72-100,109H,17-19H2/t44-,45-,46-,55-,56-,57-,58+,59+,60+,61-,62-,63-,72-,73-,74-/m1/s1. The Hall–Kier alpha value is -15.6. The van der Waals surface area contributed by atoms with Crippen molar-refractivity contribution in [1.82, 2.24) is 0 Å². The molecular formula is C74H64O48. The number of phenolic OH excluding ortho intramolecular Hbond substituents is 24. The fourth-order valence-corrected chi connectivity index (χ4v) is 12.0. The van der Waals surface area contributed by atoms with E-state index in [-0.39, 0.29) is 0 Å². The lowest BCUT2D eigenvalue weighted by molar-refractivity contribution is -0.376. The van der Waals surface area contributed by atoms with Crippen molar-refractivity contribution in [2.45, 2.75) is 92.1 Å². The molecule has 8 aromatic rings. The van der Waals surface area contributed by atoms with E-state index in [1.54, 1.807) is 0 Å². The fourth-order valence-electron chi connectivity index (χ4n) is 12.0. The van der Waals surface area contributed by atoms with Crippen molar-refractivity contribution < 1.29 is 238 Å². The highest BCUT2D eigenvalue weighted by Gasteiger charge is 2.60. The quantitative estimate of drug-likeness (QED) is 0.0232. The van der Waals surface area contributed by atoms with Crippen LogP contribution in [0.3, 0.4) is 0 Å². The van der Waals surface area contributed by atoms with Crippen LogP contribution in [-0.4, -0.2) is 298 Å². The van der Waals surface area contributed by atoms with Gasteiger partial charge in [-0.3, -0.25) is 0 Å². The summed E-state index contributed by atoms with van der Waals surface area (Å²) >= 11 is 0. The number of esters is 8. The van der Waals surface area contributed by atoms with E-state index in [0.717, 1.165) is 0 Å². The Balaban J connectivity index is 1.13. The zero-order valence-corrected chi connectivity index (χ0v) is 60.7. The first-order valence-electron chi connectivity index (χ1n) is 34.3. The Morgan fingerprint density at radius 1 is 0.221 bits per heavy atom.